The Labute approximate surface area is 158 Å². The molecule has 2 saturated carbocycles. The van der Waals surface area contributed by atoms with Gasteiger partial charge in [0, 0.05) is 24.9 Å². The molecule has 0 heterocycles. The lowest BCUT2D eigenvalue weighted by atomic mass is 9.83. The molecule has 0 amide bonds. The van der Waals surface area contributed by atoms with Gasteiger partial charge in [0.25, 0.3) is 0 Å². The first-order valence-corrected chi connectivity index (χ1v) is 9.92. The van der Waals surface area contributed by atoms with E-state index in [2.05, 4.69) is 24.3 Å². The highest BCUT2D eigenvalue weighted by Crippen LogP contribution is 2.26. The molecule has 3 aliphatic carbocycles. The van der Waals surface area contributed by atoms with E-state index in [0.29, 0.717) is 12.0 Å². The molecule has 0 spiro atoms. The number of hydrogen-bond donors (Lipinski definition) is 0. The average molecular weight is 363 g/mol. The summed E-state index contributed by atoms with van der Waals surface area (Å²) in [5.41, 5.74) is 0. The number of carbonyl (C=O) groups is 3. The van der Waals surface area contributed by atoms with Crippen LogP contribution in [0.3, 0.4) is 0 Å². The molecule has 3 rings (SSSR count). The molecular weight excluding hydrogens is 328 g/mol. The first-order valence-electron chi connectivity index (χ1n) is 9.92. The van der Waals surface area contributed by atoms with Crippen molar-refractivity contribution in [1.82, 2.24) is 0 Å². The largest absolute Gasteiger partial charge is 0.381 e. The van der Waals surface area contributed by atoms with Gasteiger partial charge in [-0.2, -0.15) is 0 Å². The molecule has 4 nitrogen and oxygen atoms in total. The summed E-state index contributed by atoms with van der Waals surface area (Å²) < 4.78 is 5.17. The summed E-state index contributed by atoms with van der Waals surface area (Å²) in [6, 6.07) is 0. The Balaban J connectivity index is 0.000000201. The average Bonchev–Trinajstić information content (AvgIpc) is 2.76. The van der Waals surface area contributed by atoms with Gasteiger partial charge in [0.05, 0.1) is 6.10 Å². The first kappa shape index (κ1) is 22.5. The molecule has 0 N–H and O–H groups in total. The fourth-order valence-electron chi connectivity index (χ4n) is 3.52. The maximum absolute atomic E-state index is 10.3. The molecule has 0 aromatic carbocycles. The minimum atomic E-state index is 0.156. The van der Waals surface area contributed by atoms with E-state index < -0.39 is 0 Å². The van der Waals surface area contributed by atoms with Crippen LogP contribution in [0.4, 0.5) is 0 Å². The Morgan fingerprint density at radius 2 is 1.15 bits per heavy atom. The minimum absolute atomic E-state index is 0.156. The Morgan fingerprint density at radius 1 is 0.692 bits per heavy atom. The molecule has 2 atom stereocenters. The fourth-order valence-corrected chi connectivity index (χ4v) is 3.52. The van der Waals surface area contributed by atoms with Crippen LogP contribution in [0.2, 0.25) is 0 Å². The SMILES string of the molecule is C1=CCC=CC1.COC1CCC(C=O)CC1.O=CC1CCCC(C=O)C1. The van der Waals surface area contributed by atoms with Gasteiger partial charge < -0.3 is 19.1 Å². The standard InChI is InChI=1S/C8H14O2.C8H12O2.C6H8/c1-10-8-4-2-7(6-9)3-5-8;9-5-7-2-1-3-8(4-7)6-10;1-2-4-6-5-3-1/h6-8H,2-5H2,1H3;5-8H,1-4H2;1-2,5-6H,3-4H2. The third kappa shape index (κ3) is 9.81. The lowest BCUT2D eigenvalue weighted by Crippen LogP contribution is -2.20. The summed E-state index contributed by atoms with van der Waals surface area (Å²) in [5.74, 6) is 0.624. The molecule has 0 saturated heterocycles. The third-order valence-corrected chi connectivity index (χ3v) is 5.26. The van der Waals surface area contributed by atoms with Crippen molar-refractivity contribution in [3.63, 3.8) is 0 Å². The van der Waals surface area contributed by atoms with E-state index in [1.807, 2.05) is 0 Å². The van der Waals surface area contributed by atoms with Crippen LogP contribution in [0.25, 0.3) is 0 Å². The van der Waals surface area contributed by atoms with E-state index in [1.54, 1.807) is 7.11 Å². The summed E-state index contributed by atoms with van der Waals surface area (Å²) in [5, 5.41) is 0. The van der Waals surface area contributed by atoms with Gasteiger partial charge in [0.2, 0.25) is 0 Å². The second-order valence-corrected chi connectivity index (χ2v) is 7.28. The summed E-state index contributed by atoms with van der Waals surface area (Å²) >= 11 is 0. The predicted molar refractivity (Wildman–Crippen MR) is 104 cm³/mol. The zero-order valence-corrected chi connectivity index (χ0v) is 16.1. The Kier molecular flexibility index (Phi) is 12.6. The number of carbonyl (C=O) groups excluding carboxylic acids is 3. The summed E-state index contributed by atoms with van der Waals surface area (Å²) in [4.78, 5) is 30.9. The van der Waals surface area contributed by atoms with Crippen LogP contribution in [0, 0.1) is 17.8 Å². The molecule has 0 aromatic rings. The molecule has 3 aliphatic rings. The molecule has 0 aromatic heterocycles. The minimum Gasteiger partial charge on any atom is -0.381 e. The van der Waals surface area contributed by atoms with Gasteiger partial charge in [-0.25, -0.2) is 0 Å². The number of methoxy groups -OCH3 is 1. The first-order chi connectivity index (χ1) is 12.7. The van der Waals surface area contributed by atoms with Crippen molar-refractivity contribution in [3.8, 4) is 0 Å². The summed E-state index contributed by atoms with van der Waals surface area (Å²) in [6.07, 6.45) is 22.4. The zero-order chi connectivity index (χ0) is 19.0. The Hall–Kier alpha value is -1.55. The van der Waals surface area contributed by atoms with Gasteiger partial charge in [0.15, 0.2) is 0 Å². The lowest BCUT2D eigenvalue weighted by molar-refractivity contribution is -0.115. The van der Waals surface area contributed by atoms with E-state index in [1.165, 1.54) is 0 Å². The molecule has 2 fully saturated rings. The van der Waals surface area contributed by atoms with Crippen molar-refractivity contribution in [2.75, 3.05) is 7.11 Å². The van der Waals surface area contributed by atoms with Crippen LogP contribution in [0.1, 0.15) is 64.2 Å². The molecule has 4 heteroatoms. The number of rotatable bonds is 4. The van der Waals surface area contributed by atoms with Crippen molar-refractivity contribution in [1.29, 1.82) is 0 Å². The third-order valence-electron chi connectivity index (χ3n) is 5.26. The van der Waals surface area contributed by atoms with Gasteiger partial charge in [-0.15, -0.1) is 0 Å². The van der Waals surface area contributed by atoms with Crippen LogP contribution >= 0.6 is 0 Å². The van der Waals surface area contributed by atoms with Gasteiger partial charge in [-0.05, 0) is 57.8 Å². The highest BCUT2D eigenvalue weighted by atomic mass is 16.5. The number of aldehydes is 3. The van der Waals surface area contributed by atoms with Crippen LogP contribution in [0.15, 0.2) is 24.3 Å². The van der Waals surface area contributed by atoms with E-state index >= 15 is 0 Å². The van der Waals surface area contributed by atoms with Gasteiger partial charge >= 0.3 is 0 Å². The van der Waals surface area contributed by atoms with Gasteiger partial charge in [-0.1, -0.05) is 30.7 Å². The fraction of sp³-hybridized carbons (Fsp3) is 0.682. The van der Waals surface area contributed by atoms with Crippen LogP contribution < -0.4 is 0 Å². The van der Waals surface area contributed by atoms with Crippen molar-refractivity contribution >= 4 is 18.9 Å². The van der Waals surface area contributed by atoms with E-state index in [4.69, 9.17) is 4.74 Å². The van der Waals surface area contributed by atoms with Crippen LogP contribution in [-0.2, 0) is 19.1 Å². The maximum Gasteiger partial charge on any atom is 0.123 e. The normalized spacial score (nSPS) is 30.0. The molecule has 26 heavy (non-hydrogen) atoms. The summed E-state index contributed by atoms with van der Waals surface area (Å²) in [7, 11) is 1.74. The van der Waals surface area contributed by atoms with Crippen molar-refractivity contribution < 1.29 is 19.1 Å². The van der Waals surface area contributed by atoms with Crippen LogP contribution in [0.5, 0.6) is 0 Å². The molecule has 0 bridgehead atoms. The van der Waals surface area contributed by atoms with Crippen molar-refractivity contribution in [3.05, 3.63) is 24.3 Å². The second kappa shape index (κ2) is 14.6. The topological polar surface area (TPSA) is 60.4 Å². The number of ether oxygens (including phenoxy) is 1. The monoisotopic (exact) mass is 362 g/mol. The number of allylic oxidation sites excluding steroid dienone is 4. The maximum atomic E-state index is 10.3. The molecule has 0 aliphatic heterocycles. The molecular formula is C22H34O4. The van der Waals surface area contributed by atoms with Gasteiger partial charge in [0.1, 0.15) is 18.9 Å². The highest BCUT2D eigenvalue weighted by molar-refractivity contribution is 5.58. The highest BCUT2D eigenvalue weighted by Gasteiger charge is 2.20. The van der Waals surface area contributed by atoms with Crippen molar-refractivity contribution in [2.24, 2.45) is 17.8 Å². The van der Waals surface area contributed by atoms with E-state index in [-0.39, 0.29) is 11.8 Å². The number of hydrogen-bond acceptors (Lipinski definition) is 4. The van der Waals surface area contributed by atoms with Crippen LogP contribution in [-0.4, -0.2) is 32.1 Å². The van der Waals surface area contributed by atoms with Crippen molar-refractivity contribution in [2.45, 2.75) is 70.3 Å². The van der Waals surface area contributed by atoms with E-state index in [9.17, 15) is 14.4 Å². The molecule has 146 valence electrons. The van der Waals surface area contributed by atoms with E-state index in [0.717, 1.165) is 83.1 Å². The predicted octanol–water partition coefficient (Wildman–Crippen LogP) is 4.47. The molecule has 2 unspecified atom stereocenters. The van der Waals surface area contributed by atoms with Gasteiger partial charge in [-0.3, -0.25) is 0 Å². The Bertz CT molecular complexity index is 413. The summed E-state index contributed by atoms with van der Waals surface area (Å²) in [6.45, 7) is 0. The lowest BCUT2D eigenvalue weighted by Gasteiger charge is -2.23. The smallest absolute Gasteiger partial charge is 0.123 e. The zero-order valence-electron chi connectivity index (χ0n) is 16.1. The Morgan fingerprint density at radius 3 is 1.50 bits per heavy atom. The molecule has 0 radical (unpaired) electrons. The quantitative estimate of drug-likeness (QED) is 0.547. The second-order valence-electron chi connectivity index (χ2n) is 7.28.